The number of nitrogens with zero attached hydrogens (tertiary/aromatic N) is 4. The molecule has 102 valence electrons. The Hall–Kier alpha value is -2.70. The maximum atomic E-state index is 11.5. The number of fused-ring (bicyclic) bond motifs is 1. The molecule has 2 N–H and O–H groups in total. The first kappa shape index (κ1) is 12.3. The maximum Gasteiger partial charge on any atom is 0.349 e. The lowest BCUT2D eigenvalue weighted by molar-refractivity contribution is 0.930. The molecule has 3 rings (SSSR count). The first-order chi connectivity index (χ1) is 9.63. The van der Waals surface area contributed by atoms with Gasteiger partial charge in [-0.3, -0.25) is 4.98 Å². The van der Waals surface area contributed by atoms with Crippen molar-refractivity contribution in [2.45, 2.75) is 20.4 Å². The smallest absolute Gasteiger partial charge is 0.349 e. The summed E-state index contributed by atoms with van der Waals surface area (Å²) in [6.07, 6.45) is 1.83. The van der Waals surface area contributed by atoms with Crippen molar-refractivity contribution in [1.29, 1.82) is 0 Å². The minimum absolute atomic E-state index is 0.278. The third kappa shape index (κ3) is 2.25. The first-order valence-corrected chi connectivity index (χ1v) is 6.23. The van der Waals surface area contributed by atoms with E-state index in [2.05, 4.69) is 25.5 Å². The summed E-state index contributed by atoms with van der Waals surface area (Å²) in [5.41, 5.74) is 2.32. The standard InChI is InChI=1S/C13H14N6O/c1-8-3-4-10(6-14-8)7-15-11-5-12-17-18-13(20)19(12)9(2)16-11/h3-6,15H,7H2,1-2H3,(H,18,20). The van der Waals surface area contributed by atoms with E-state index in [4.69, 9.17) is 0 Å². The molecule has 0 saturated heterocycles. The number of anilines is 1. The molecular formula is C13H14N6O. The van der Waals surface area contributed by atoms with Crippen LogP contribution in [0.4, 0.5) is 5.82 Å². The predicted octanol–water partition coefficient (Wildman–Crippen LogP) is 1.04. The van der Waals surface area contributed by atoms with E-state index in [9.17, 15) is 4.79 Å². The Morgan fingerprint density at radius 1 is 1.35 bits per heavy atom. The van der Waals surface area contributed by atoms with E-state index in [0.717, 1.165) is 11.3 Å². The summed E-state index contributed by atoms with van der Waals surface area (Å²) in [5, 5.41) is 9.55. The summed E-state index contributed by atoms with van der Waals surface area (Å²) in [6, 6.07) is 5.71. The summed E-state index contributed by atoms with van der Waals surface area (Å²) in [7, 11) is 0. The Morgan fingerprint density at radius 3 is 2.95 bits per heavy atom. The number of hydrogen-bond acceptors (Lipinski definition) is 5. The highest BCUT2D eigenvalue weighted by Gasteiger charge is 2.06. The van der Waals surface area contributed by atoms with Crippen LogP contribution in [0.2, 0.25) is 0 Å². The molecule has 3 heterocycles. The zero-order valence-corrected chi connectivity index (χ0v) is 11.2. The van der Waals surface area contributed by atoms with Crippen LogP contribution in [-0.4, -0.2) is 24.6 Å². The lowest BCUT2D eigenvalue weighted by Crippen LogP contribution is -2.14. The van der Waals surface area contributed by atoms with Gasteiger partial charge in [0.25, 0.3) is 0 Å². The zero-order chi connectivity index (χ0) is 14.1. The SMILES string of the molecule is Cc1ccc(CNc2cc3n[nH]c(=O)n3c(C)n2)cn1. The van der Waals surface area contributed by atoms with Crippen LogP contribution in [-0.2, 0) is 6.54 Å². The van der Waals surface area contributed by atoms with Crippen LogP contribution in [0.25, 0.3) is 5.65 Å². The van der Waals surface area contributed by atoms with Crippen LogP contribution >= 0.6 is 0 Å². The number of pyridine rings is 1. The summed E-state index contributed by atoms with van der Waals surface area (Å²) >= 11 is 0. The molecule has 0 bridgehead atoms. The fourth-order valence-electron chi connectivity index (χ4n) is 1.98. The van der Waals surface area contributed by atoms with E-state index < -0.39 is 0 Å². The second-order valence-corrected chi connectivity index (χ2v) is 4.57. The van der Waals surface area contributed by atoms with Crippen LogP contribution in [0.3, 0.4) is 0 Å². The van der Waals surface area contributed by atoms with Gasteiger partial charge >= 0.3 is 5.69 Å². The molecule has 7 nitrogen and oxygen atoms in total. The van der Waals surface area contributed by atoms with E-state index in [0.29, 0.717) is 23.8 Å². The average molecular weight is 270 g/mol. The molecule has 0 fully saturated rings. The number of hydrogen-bond donors (Lipinski definition) is 2. The molecule has 3 aromatic heterocycles. The predicted molar refractivity (Wildman–Crippen MR) is 74.6 cm³/mol. The number of aromatic amines is 1. The van der Waals surface area contributed by atoms with Crippen LogP contribution in [0.1, 0.15) is 17.1 Å². The number of H-pyrrole nitrogens is 1. The topological polar surface area (TPSA) is 88.0 Å². The minimum atomic E-state index is -0.278. The highest BCUT2D eigenvalue weighted by molar-refractivity contribution is 5.49. The van der Waals surface area contributed by atoms with Crippen LogP contribution < -0.4 is 11.0 Å². The largest absolute Gasteiger partial charge is 0.366 e. The van der Waals surface area contributed by atoms with E-state index in [-0.39, 0.29) is 5.69 Å². The van der Waals surface area contributed by atoms with Gasteiger partial charge in [-0.15, -0.1) is 0 Å². The number of nitrogens with one attached hydrogen (secondary N) is 2. The van der Waals surface area contributed by atoms with Crippen LogP contribution in [0.15, 0.2) is 29.2 Å². The second-order valence-electron chi connectivity index (χ2n) is 4.57. The second kappa shape index (κ2) is 4.76. The van der Waals surface area contributed by atoms with Gasteiger partial charge < -0.3 is 5.32 Å². The van der Waals surface area contributed by atoms with Crippen molar-refractivity contribution < 1.29 is 0 Å². The van der Waals surface area contributed by atoms with Gasteiger partial charge in [0.05, 0.1) is 0 Å². The molecule has 0 aromatic carbocycles. The van der Waals surface area contributed by atoms with Crippen molar-refractivity contribution in [3.63, 3.8) is 0 Å². The molecule has 7 heteroatoms. The quantitative estimate of drug-likeness (QED) is 0.742. The summed E-state index contributed by atoms with van der Waals surface area (Å²) < 4.78 is 1.43. The number of aromatic nitrogens is 5. The number of rotatable bonds is 3. The highest BCUT2D eigenvalue weighted by atomic mass is 16.1. The van der Waals surface area contributed by atoms with Gasteiger partial charge in [-0.1, -0.05) is 6.07 Å². The Balaban J connectivity index is 1.84. The zero-order valence-electron chi connectivity index (χ0n) is 11.2. The van der Waals surface area contributed by atoms with Gasteiger partial charge in [-0.2, -0.15) is 5.10 Å². The van der Waals surface area contributed by atoms with Crippen molar-refractivity contribution in [2.24, 2.45) is 0 Å². The molecule has 0 saturated carbocycles. The van der Waals surface area contributed by atoms with Gasteiger partial charge in [0, 0.05) is 24.5 Å². The summed E-state index contributed by atoms with van der Waals surface area (Å²) in [4.78, 5) is 20.1. The minimum Gasteiger partial charge on any atom is -0.366 e. The van der Waals surface area contributed by atoms with Crippen molar-refractivity contribution in [3.05, 3.63) is 52.0 Å². The fourth-order valence-corrected chi connectivity index (χ4v) is 1.98. The van der Waals surface area contributed by atoms with E-state index in [1.807, 2.05) is 25.3 Å². The van der Waals surface area contributed by atoms with Gasteiger partial charge in [0.15, 0.2) is 5.65 Å². The number of aryl methyl sites for hydroxylation is 2. The third-order valence-corrected chi connectivity index (χ3v) is 3.02. The molecule has 0 unspecified atom stereocenters. The summed E-state index contributed by atoms with van der Waals surface area (Å²) in [6.45, 7) is 4.33. The fraction of sp³-hybridized carbons (Fsp3) is 0.231. The Bertz CT molecular complexity index is 802. The normalized spacial score (nSPS) is 10.9. The van der Waals surface area contributed by atoms with E-state index in [1.165, 1.54) is 4.40 Å². The summed E-state index contributed by atoms with van der Waals surface area (Å²) in [5.74, 6) is 1.26. The average Bonchev–Trinajstić information content (AvgIpc) is 2.80. The monoisotopic (exact) mass is 270 g/mol. The van der Waals surface area contributed by atoms with Crippen LogP contribution in [0.5, 0.6) is 0 Å². The van der Waals surface area contributed by atoms with Gasteiger partial charge in [-0.05, 0) is 25.5 Å². The molecule has 0 aliphatic rings. The molecule has 0 aliphatic heterocycles. The van der Waals surface area contributed by atoms with E-state index >= 15 is 0 Å². The molecule has 0 atom stereocenters. The molecule has 0 spiro atoms. The van der Waals surface area contributed by atoms with Crippen molar-refractivity contribution in [2.75, 3.05) is 5.32 Å². The Labute approximate surface area is 114 Å². The molecular weight excluding hydrogens is 256 g/mol. The molecule has 0 amide bonds. The van der Waals surface area contributed by atoms with Crippen molar-refractivity contribution in [1.82, 2.24) is 24.6 Å². The Kier molecular flexibility index (Phi) is 2.94. The molecule has 0 radical (unpaired) electrons. The third-order valence-electron chi connectivity index (χ3n) is 3.02. The van der Waals surface area contributed by atoms with Crippen LogP contribution in [0, 0.1) is 13.8 Å². The van der Waals surface area contributed by atoms with Gasteiger partial charge in [0.2, 0.25) is 0 Å². The van der Waals surface area contributed by atoms with Gasteiger partial charge in [-0.25, -0.2) is 19.3 Å². The molecule has 3 aromatic rings. The van der Waals surface area contributed by atoms with Crippen molar-refractivity contribution >= 4 is 11.5 Å². The van der Waals surface area contributed by atoms with Gasteiger partial charge in [0.1, 0.15) is 11.6 Å². The van der Waals surface area contributed by atoms with E-state index in [1.54, 1.807) is 13.0 Å². The molecule has 0 aliphatic carbocycles. The molecule has 20 heavy (non-hydrogen) atoms. The lowest BCUT2D eigenvalue weighted by Gasteiger charge is -2.07. The lowest BCUT2D eigenvalue weighted by atomic mass is 10.2. The highest BCUT2D eigenvalue weighted by Crippen LogP contribution is 2.09. The van der Waals surface area contributed by atoms with Crippen molar-refractivity contribution in [3.8, 4) is 0 Å². The maximum absolute atomic E-state index is 11.5. The Morgan fingerprint density at radius 2 is 2.20 bits per heavy atom. The first-order valence-electron chi connectivity index (χ1n) is 6.23.